The molecular formula is C45H53N3O8. The average molecular weight is 764 g/mol. The molecule has 0 spiro atoms. The highest BCUT2D eigenvalue weighted by Gasteiger charge is 2.63. The predicted octanol–water partition coefficient (Wildman–Crippen LogP) is 8.38. The van der Waals surface area contributed by atoms with Gasteiger partial charge in [-0.25, -0.2) is 4.79 Å². The van der Waals surface area contributed by atoms with E-state index in [2.05, 4.69) is 5.32 Å². The summed E-state index contributed by atoms with van der Waals surface area (Å²) in [4.78, 5) is 59.6. The van der Waals surface area contributed by atoms with Gasteiger partial charge in [0.1, 0.15) is 28.6 Å². The van der Waals surface area contributed by atoms with E-state index in [4.69, 9.17) is 18.9 Å². The number of amides is 3. The smallest absolute Gasteiger partial charge is 0.407 e. The molecule has 0 saturated heterocycles. The summed E-state index contributed by atoms with van der Waals surface area (Å²) in [6.45, 7) is 10.4. The van der Waals surface area contributed by atoms with Crippen LogP contribution in [0, 0.1) is 17.8 Å². The summed E-state index contributed by atoms with van der Waals surface area (Å²) in [5, 5.41) is 2.78. The minimum atomic E-state index is -1.12. The van der Waals surface area contributed by atoms with E-state index in [1.807, 2.05) is 123 Å². The Balaban J connectivity index is 1.42. The van der Waals surface area contributed by atoms with Crippen LogP contribution in [0.2, 0.25) is 0 Å². The largest absolute Gasteiger partial charge is 0.469 e. The first kappa shape index (κ1) is 41.3. The van der Waals surface area contributed by atoms with Crippen LogP contribution < -0.4 is 14.8 Å². The minimum Gasteiger partial charge on any atom is -0.469 e. The summed E-state index contributed by atoms with van der Waals surface area (Å²) in [6, 6.07) is 32.8. The summed E-state index contributed by atoms with van der Waals surface area (Å²) < 4.78 is 22.7. The van der Waals surface area contributed by atoms with Crippen LogP contribution in [-0.2, 0) is 36.9 Å². The van der Waals surface area contributed by atoms with Crippen molar-refractivity contribution in [3.63, 3.8) is 0 Å². The van der Waals surface area contributed by atoms with Crippen molar-refractivity contribution in [3.8, 4) is 23.0 Å². The van der Waals surface area contributed by atoms with Gasteiger partial charge in [0, 0.05) is 26.2 Å². The fourth-order valence-electron chi connectivity index (χ4n) is 6.93. The second-order valence-electron chi connectivity index (χ2n) is 14.9. The molecule has 5 rings (SSSR count). The third-order valence-corrected chi connectivity index (χ3v) is 9.44. The summed E-state index contributed by atoms with van der Waals surface area (Å²) in [6.07, 6.45) is 0.489. The third kappa shape index (κ3) is 10.9. The first-order valence-electron chi connectivity index (χ1n) is 19.2. The van der Waals surface area contributed by atoms with Crippen molar-refractivity contribution in [1.29, 1.82) is 0 Å². The summed E-state index contributed by atoms with van der Waals surface area (Å²) in [5.74, 6) is -1.98. The second-order valence-corrected chi connectivity index (χ2v) is 14.9. The van der Waals surface area contributed by atoms with Gasteiger partial charge in [-0.3, -0.25) is 14.4 Å². The number of para-hydroxylation sites is 2. The minimum absolute atomic E-state index is 0.240. The molecule has 0 bridgehead atoms. The molecule has 1 saturated carbocycles. The number of hydrogen-bond donors (Lipinski definition) is 1. The monoisotopic (exact) mass is 763 g/mol. The summed E-state index contributed by atoms with van der Waals surface area (Å²) in [7, 11) is 1.24. The van der Waals surface area contributed by atoms with Crippen LogP contribution in [0.1, 0.15) is 58.6 Å². The molecule has 1 aliphatic rings. The lowest BCUT2D eigenvalue weighted by atomic mass is 9.59. The van der Waals surface area contributed by atoms with Crippen molar-refractivity contribution in [2.75, 3.05) is 20.2 Å². The Hall–Kier alpha value is -5.84. The molecule has 0 radical (unpaired) electrons. The van der Waals surface area contributed by atoms with Gasteiger partial charge in [0.05, 0.1) is 30.9 Å². The number of esters is 1. The molecule has 4 atom stereocenters. The molecule has 0 heterocycles. The van der Waals surface area contributed by atoms with Crippen molar-refractivity contribution in [1.82, 2.24) is 15.1 Å². The summed E-state index contributed by atoms with van der Waals surface area (Å²) >= 11 is 0. The molecule has 1 N–H and O–H groups in total. The first-order chi connectivity index (χ1) is 26.9. The Morgan fingerprint density at radius 1 is 0.589 bits per heavy atom. The Morgan fingerprint density at radius 3 is 1.39 bits per heavy atom. The average Bonchev–Trinajstić information content (AvgIpc) is 3.17. The van der Waals surface area contributed by atoms with Crippen molar-refractivity contribution in [2.45, 2.75) is 72.2 Å². The summed E-state index contributed by atoms with van der Waals surface area (Å²) in [5.41, 5.74) is 0.857. The van der Waals surface area contributed by atoms with Crippen LogP contribution in [-0.4, -0.2) is 65.5 Å². The molecule has 1 aliphatic carbocycles. The molecule has 4 aromatic carbocycles. The number of carbonyl (C=O) groups excluding carboxylic acids is 4. The molecule has 1 fully saturated rings. The zero-order valence-electron chi connectivity index (χ0n) is 33.1. The van der Waals surface area contributed by atoms with Crippen LogP contribution in [0.25, 0.3) is 0 Å². The van der Waals surface area contributed by atoms with Gasteiger partial charge in [0.2, 0.25) is 11.8 Å². The normalized spacial score (nSPS) is 17.5. The zero-order chi connectivity index (χ0) is 40.2. The van der Waals surface area contributed by atoms with E-state index >= 15 is 0 Å². The number of methoxy groups -OCH3 is 1. The van der Waals surface area contributed by atoms with Gasteiger partial charge in [-0.15, -0.1) is 0 Å². The number of nitrogens with zero attached hydrogens (tertiary/aromatic N) is 2. The predicted molar refractivity (Wildman–Crippen MR) is 213 cm³/mol. The van der Waals surface area contributed by atoms with E-state index in [9.17, 15) is 19.2 Å². The van der Waals surface area contributed by atoms with Gasteiger partial charge in [0.25, 0.3) is 0 Å². The Bertz CT molecular complexity index is 1900. The molecule has 11 heteroatoms. The van der Waals surface area contributed by atoms with Crippen molar-refractivity contribution >= 4 is 23.9 Å². The van der Waals surface area contributed by atoms with Gasteiger partial charge in [-0.05, 0) is 93.3 Å². The molecule has 11 nitrogen and oxygen atoms in total. The molecule has 56 heavy (non-hydrogen) atoms. The number of alkyl carbamates (subject to hydrolysis) is 1. The van der Waals surface area contributed by atoms with Crippen LogP contribution in [0.5, 0.6) is 23.0 Å². The Labute approximate surface area is 329 Å². The maximum atomic E-state index is 14.8. The number of benzene rings is 4. The van der Waals surface area contributed by atoms with Gasteiger partial charge < -0.3 is 34.1 Å². The van der Waals surface area contributed by atoms with Gasteiger partial charge in [-0.2, -0.15) is 0 Å². The molecule has 3 amide bonds. The van der Waals surface area contributed by atoms with Crippen molar-refractivity contribution < 1.29 is 38.1 Å². The maximum absolute atomic E-state index is 14.8. The number of carbonyl (C=O) groups is 4. The highest BCUT2D eigenvalue weighted by molar-refractivity contribution is 5.96. The standard InChI is InChI=1S/C45H53N3O8/c1-7-27-47(29-31-19-23-35(24-20-31)54-33-15-11-9-12-16-33)41(49)37-38(40(39(37)43(51)53-6)46-44(52)56-45(3,4)5)42(50)48(28-8-2)30-32-21-25-36(26-22-32)55-34-17-13-10-14-18-34/h9-26,37-40H,7-8,27-30H2,1-6H3,(H,46,52)/t37-,38-,39-,40-/m1/s1. The lowest BCUT2D eigenvalue weighted by Crippen LogP contribution is -2.70. The van der Waals surface area contributed by atoms with E-state index in [0.29, 0.717) is 48.9 Å². The fraction of sp³-hybridized carbons (Fsp3) is 0.378. The second kappa shape index (κ2) is 19.2. The third-order valence-electron chi connectivity index (χ3n) is 9.44. The van der Waals surface area contributed by atoms with Gasteiger partial charge in [0.15, 0.2) is 0 Å². The lowest BCUT2D eigenvalue weighted by molar-refractivity contribution is -0.175. The van der Waals surface area contributed by atoms with Crippen molar-refractivity contribution in [2.24, 2.45) is 17.8 Å². The molecule has 0 unspecified atom stereocenters. The molecule has 0 aliphatic heterocycles. The van der Waals surface area contributed by atoms with E-state index in [1.165, 1.54) is 7.11 Å². The van der Waals surface area contributed by atoms with Crippen LogP contribution in [0.15, 0.2) is 109 Å². The quantitative estimate of drug-likeness (QED) is 0.113. The van der Waals surface area contributed by atoms with Gasteiger partial charge in [-0.1, -0.05) is 74.5 Å². The Kier molecular flexibility index (Phi) is 14.1. The lowest BCUT2D eigenvalue weighted by Gasteiger charge is -2.50. The molecule has 0 aromatic heterocycles. The topological polar surface area (TPSA) is 124 Å². The van der Waals surface area contributed by atoms with Crippen LogP contribution in [0.3, 0.4) is 0 Å². The first-order valence-corrected chi connectivity index (χ1v) is 19.2. The molecule has 4 aromatic rings. The van der Waals surface area contributed by atoms with Gasteiger partial charge >= 0.3 is 12.1 Å². The van der Waals surface area contributed by atoms with E-state index in [1.54, 1.807) is 30.6 Å². The van der Waals surface area contributed by atoms with Crippen LogP contribution >= 0.6 is 0 Å². The number of ether oxygens (including phenoxy) is 4. The van der Waals surface area contributed by atoms with E-state index < -0.39 is 41.5 Å². The highest BCUT2D eigenvalue weighted by Crippen LogP contribution is 2.45. The number of rotatable bonds is 16. The number of hydrogen-bond acceptors (Lipinski definition) is 8. The fourth-order valence-corrected chi connectivity index (χ4v) is 6.93. The zero-order valence-corrected chi connectivity index (χ0v) is 33.1. The SMILES string of the molecule is CCCN(Cc1ccc(Oc2ccccc2)cc1)C(=O)[C@H]1[C@@H](C(=O)OC)[C@H](NC(=O)OC(C)(C)C)[C@@H]1C(=O)N(CCC)Cc1ccc(Oc2ccccc2)cc1. The highest BCUT2D eigenvalue weighted by atomic mass is 16.6. The molecule has 296 valence electrons. The van der Waals surface area contributed by atoms with Crippen molar-refractivity contribution in [3.05, 3.63) is 120 Å². The van der Waals surface area contributed by atoms with E-state index in [0.717, 1.165) is 11.1 Å². The Morgan fingerprint density at radius 2 is 1.00 bits per heavy atom. The molecular weight excluding hydrogens is 711 g/mol. The van der Waals surface area contributed by atoms with Crippen LogP contribution in [0.4, 0.5) is 4.79 Å². The van der Waals surface area contributed by atoms with E-state index in [-0.39, 0.29) is 24.9 Å². The number of nitrogens with one attached hydrogen (secondary N) is 1. The maximum Gasteiger partial charge on any atom is 0.407 e.